The van der Waals surface area contributed by atoms with Crippen molar-refractivity contribution in [1.82, 2.24) is 0 Å². The minimum absolute atomic E-state index is 0.700. The third-order valence-electron chi connectivity index (χ3n) is 4.75. The number of pyridine rings is 2. The van der Waals surface area contributed by atoms with Gasteiger partial charge < -0.3 is 0 Å². The van der Waals surface area contributed by atoms with Crippen molar-refractivity contribution in [2.24, 2.45) is 0 Å². The van der Waals surface area contributed by atoms with Crippen molar-refractivity contribution < 1.29 is 18.7 Å². The molecule has 2 heterocycles. The highest BCUT2D eigenvalue weighted by molar-refractivity contribution is 5.93. The van der Waals surface area contributed by atoms with Crippen molar-refractivity contribution in [3.63, 3.8) is 0 Å². The van der Waals surface area contributed by atoms with E-state index in [2.05, 4.69) is 17.7 Å². The third-order valence-corrected chi connectivity index (χ3v) is 4.75. The smallest absolute Gasteiger partial charge is 0.223 e. The van der Waals surface area contributed by atoms with E-state index < -0.39 is 0 Å². The third kappa shape index (κ3) is 4.55. The number of carbonyl (C=O) groups is 2. The van der Waals surface area contributed by atoms with E-state index in [9.17, 15) is 9.59 Å². The normalized spacial score (nSPS) is 10.1. The molecular formula is C26H24N2O2+2. The molecule has 4 nitrogen and oxygen atoms in total. The molecule has 0 bridgehead atoms. The van der Waals surface area contributed by atoms with Gasteiger partial charge in [-0.15, -0.1) is 0 Å². The lowest BCUT2D eigenvalue weighted by Crippen LogP contribution is -2.33. The maximum atomic E-state index is 10.9. The molecule has 0 aliphatic carbocycles. The first kappa shape index (κ1) is 20.8. The molecule has 4 aromatic rings. The van der Waals surface area contributed by atoms with E-state index in [1.54, 1.807) is 0 Å². The molecule has 148 valence electrons. The molecule has 2 aromatic carbocycles. The maximum absolute atomic E-state index is 10.9. The van der Waals surface area contributed by atoms with E-state index >= 15 is 0 Å². The average molecular weight is 396 g/mol. The second-order valence-electron chi connectivity index (χ2n) is 6.74. The first-order valence-electron chi connectivity index (χ1n) is 9.67. The molecular weight excluding hydrogens is 372 g/mol. The van der Waals surface area contributed by atoms with Crippen LogP contribution < -0.4 is 9.13 Å². The van der Waals surface area contributed by atoms with Crippen molar-refractivity contribution in [3.8, 4) is 0 Å². The molecule has 0 saturated carbocycles. The first-order valence-corrected chi connectivity index (χ1v) is 9.67. The van der Waals surface area contributed by atoms with Gasteiger partial charge in [-0.25, -0.2) is 0 Å². The summed E-state index contributed by atoms with van der Waals surface area (Å²) in [6.45, 7) is 8.88. The van der Waals surface area contributed by atoms with E-state index in [-0.39, 0.29) is 0 Å². The molecule has 2 aromatic heterocycles. The average Bonchev–Trinajstić information content (AvgIpc) is 2.79. The highest BCUT2D eigenvalue weighted by Gasteiger charge is 2.11. The molecule has 4 rings (SSSR count). The number of rotatable bonds is 6. The molecule has 0 unspecified atom stereocenters. The lowest BCUT2D eigenvalue weighted by molar-refractivity contribution is -0.661. The van der Waals surface area contributed by atoms with Gasteiger partial charge in [-0.1, -0.05) is 25.3 Å². The van der Waals surface area contributed by atoms with Crippen LogP contribution in [0.2, 0.25) is 0 Å². The van der Waals surface area contributed by atoms with Crippen LogP contribution in [-0.4, -0.2) is 12.6 Å². The van der Waals surface area contributed by atoms with Gasteiger partial charge in [-0.2, -0.15) is 9.13 Å². The quantitative estimate of drug-likeness (QED) is 0.278. The SMILES string of the molecule is C=CC[n+]1cccc2ccc(C=O)cc21.C=CC[n+]1cccc2cccc(C=O)c21. The minimum atomic E-state index is 0.700. The summed E-state index contributed by atoms with van der Waals surface area (Å²) in [5, 5.41) is 2.20. The second-order valence-corrected chi connectivity index (χ2v) is 6.74. The van der Waals surface area contributed by atoms with E-state index in [1.165, 1.54) is 0 Å². The van der Waals surface area contributed by atoms with Crippen LogP contribution in [0, 0.1) is 0 Å². The van der Waals surface area contributed by atoms with Crippen molar-refractivity contribution in [3.05, 3.63) is 109 Å². The summed E-state index contributed by atoms with van der Waals surface area (Å²) in [7, 11) is 0. The fourth-order valence-electron chi connectivity index (χ4n) is 3.41. The largest absolute Gasteiger partial charge is 0.298 e. The number of hydrogen-bond acceptors (Lipinski definition) is 2. The van der Waals surface area contributed by atoms with Gasteiger partial charge in [0.05, 0.1) is 5.56 Å². The molecule has 0 aliphatic rings. The number of fused-ring (bicyclic) bond motifs is 2. The summed E-state index contributed by atoms with van der Waals surface area (Å²) in [5.74, 6) is 0. The number of para-hydroxylation sites is 1. The van der Waals surface area contributed by atoms with Gasteiger partial charge in [0.25, 0.3) is 0 Å². The van der Waals surface area contributed by atoms with Gasteiger partial charge in [0.2, 0.25) is 11.0 Å². The van der Waals surface area contributed by atoms with Gasteiger partial charge in [-0.3, -0.25) is 9.59 Å². The van der Waals surface area contributed by atoms with Gasteiger partial charge in [0, 0.05) is 34.5 Å². The topological polar surface area (TPSA) is 41.9 Å². The minimum Gasteiger partial charge on any atom is -0.298 e. The van der Waals surface area contributed by atoms with E-state index in [0.29, 0.717) is 12.1 Å². The predicted molar refractivity (Wildman–Crippen MR) is 119 cm³/mol. The van der Waals surface area contributed by atoms with Crippen LogP contribution in [0.5, 0.6) is 0 Å². The highest BCUT2D eigenvalue weighted by atomic mass is 16.1. The van der Waals surface area contributed by atoms with Crippen molar-refractivity contribution >= 4 is 34.4 Å². The zero-order valence-corrected chi connectivity index (χ0v) is 16.8. The molecule has 0 saturated heterocycles. The van der Waals surface area contributed by atoms with Crippen LogP contribution in [-0.2, 0) is 13.1 Å². The number of nitrogens with zero attached hydrogens (tertiary/aromatic N) is 2. The summed E-state index contributed by atoms with van der Waals surface area (Å²) in [6, 6.07) is 19.4. The fraction of sp³-hybridized carbons (Fsp3) is 0.0769. The molecule has 0 radical (unpaired) electrons. The lowest BCUT2D eigenvalue weighted by atomic mass is 10.1. The number of benzene rings is 2. The number of aromatic nitrogens is 2. The maximum Gasteiger partial charge on any atom is 0.223 e. The summed E-state index contributed by atoms with van der Waals surface area (Å²) >= 11 is 0. The number of hydrogen-bond donors (Lipinski definition) is 0. The Morgan fingerprint density at radius 3 is 2.10 bits per heavy atom. The van der Waals surface area contributed by atoms with E-state index in [0.717, 1.165) is 46.5 Å². The van der Waals surface area contributed by atoms with Crippen LogP contribution in [0.3, 0.4) is 0 Å². The summed E-state index contributed by atoms with van der Waals surface area (Å²) in [4.78, 5) is 21.6. The zero-order chi connectivity index (χ0) is 21.3. The Kier molecular flexibility index (Phi) is 6.95. The standard InChI is InChI=1S/2C13H12NO/c1-2-8-14-9-4-7-11-5-3-6-12(10-15)13(11)14;1-2-7-14-8-3-4-12-6-5-11(10-15)9-13(12)14/h2-7,9-10H,1,8H2;2-6,8-10H,1,7H2/q2*+1. The Hall–Kier alpha value is -3.92. The lowest BCUT2D eigenvalue weighted by Gasteiger charge is -2.00. The van der Waals surface area contributed by atoms with Gasteiger partial charge in [0.15, 0.2) is 31.8 Å². The first-order chi connectivity index (χ1) is 14.7. The van der Waals surface area contributed by atoms with Crippen LogP contribution in [0.15, 0.2) is 98.4 Å². The molecule has 30 heavy (non-hydrogen) atoms. The van der Waals surface area contributed by atoms with Crippen molar-refractivity contribution in [1.29, 1.82) is 0 Å². The molecule has 0 spiro atoms. The van der Waals surface area contributed by atoms with Gasteiger partial charge in [0.1, 0.15) is 6.29 Å². The van der Waals surface area contributed by atoms with Crippen LogP contribution in [0.4, 0.5) is 0 Å². The van der Waals surface area contributed by atoms with Crippen LogP contribution in [0.1, 0.15) is 20.7 Å². The molecule has 0 amide bonds. The number of aldehydes is 2. The Morgan fingerprint density at radius 1 is 0.733 bits per heavy atom. The Morgan fingerprint density at radius 2 is 1.40 bits per heavy atom. The van der Waals surface area contributed by atoms with Crippen LogP contribution in [0.25, 0.3) is 21.8 Å². The Balaban J connectivity index is 0.000000171. The molecule has 0 N–H and O–H groups in total. The Labute approximate surface area is 176 Å². The summed E-state index contributed by atoms with van der Waals surface area (Å²) < 4.78 is 4.08. The van der Waals surface area contributed by atoms with Crippen molar-refractivity contribution in [2.75, 3.05) is 0 Å². The van der Waals surface area contributed by atoms with Gasteiger partial charge >= 0.3 is 0 Å². The monoisotopic (exact) mass is 396 g/mol. The fourth-order valence-corrected chi connectivity index (χ4v) is 3.41. The van der Waals surface area contributed by atoms with E-state index in [1.807, 2.05) is 89.8 Å². The summed E-state index contributed by atoms with van der Waals surface area (Å²) in [6.07, 6.45) is 9.36. The number of allylic oxidation sites excluding steroid dienone is 2. The van der Waals surface area contributed by atoms with Crippen molar-refractivity contribution in [2.45, 2.75) is 13.1 Å². The molecule has 0 atom stereocenters. The second kappa shape index (κ2) is 10.0. The van der Waals surface area contributed by atoms with Crippen LogP contribution >= 0.6 is 0 Å². The highest BCUT2D eigenvalue weighted by Crippen LogP contribution is 2.13. The number of carbonyl (C=O) groups excluding carboxylic acids is 2. The summed E-state index contributed by atoms with van der Waals surface area (Å²) in [5.41, 5.74) is 3.44. The zero-order valence-electron chi connectivity index (χ0n) is 16.8. The molecule has 0 aliphatic heterocycles. The van der Waals surface area contributed by atoms with Gasteiger partial charge in [-0.05, 0) is 42.5 Å². The Bertz CT molecular complexity index is 1220. The molecule has 4 heteroatoms. The van der Waals surface area contributed by atoms with E-state index in [4.69, 9.17) is 0 Å². The molecule has 0 fully saturated rings. The predicted octanol–water partition coefficient (Wildman–Crippen LogP) is 4.25.